The molecule has 1 aromatic rings. The summed E-state index contributed by atoms with van der Waals surface area (Å²) >= 11 is 0. The fourth-order valence-electron chi connectivity index (χ4n) is 2.26. The molecule has 0 bridgehead atoms. The van der Waals surface area contributed by atoms with E-state index in [0.29, 0.717) is 0 Å². The minimum atomic E-state index is 0.181. The fraction of sp³-hybridized carbons (Fsp3) is 0.750. The van der Waals surface area contributed by atoms with E-state index in [1.165, 1.54) is 12.8 Å². The molecule has 2 heteroatoms. The van der Waals surface area contributed by atoms with Gasteiger partial charge in [-0.2, -0.15) is 0 Å². The molecule has 0 aromatic carbocycles. The zero-order valence-corrected chi connectivity index (χ0v) is 12.7. The molecule has 1 aromatic heterocycles. The first-order valence-electron chi connectivity index (χ1n) is 7.40. The Hall–Kier alpha value is -0.920. The molecule has 0 N–H and O–H groups in total. The average molecular weight is 248 g/mol. The molecule has 0 aliphatic heterocycles. The highest BCUT2D eigenvalue weighted by Crippen LogP contribution is 2.28. The lowest BCUT2D eigenvalue weighted by Gasteiger charge is -2.25. The number of rotatable bonds is 7. The van der Waals surface area contributed by atoms with Crippen LogP contribution in [0.15, 0.2) is 12.4 Å². The second kappa shape index (κ2) is 6.86. The van der Waals surface area contributed by atoms with Crippen LogP contribution in [0, 0.1) is 5.92 Å². The molecular weight excluding hydrogens is 220 g/mol. The van der Waals surface area contributed by atoms with Crippen molar-refractivity contribution < 1.29 is 0 Å². The van der Waals surface area contributed by atoms with Crippen molar-refractivity contribution in [2.45, 2.75) is 72.1 Å². The molecule has 0 amide bonds. The molecule has 1 rings (SSSR count). The molecule has 0 radical (unpaired) electrons. The Labute approximate surface area is 112 Å². The summed E-state index contributed by atoms with van der Waals surface area (Å²) in [5.74, 6) is 0.744. The van der Waals surface area contributed by atoms with Crippen molar-refractivity contribution in [1.29, 1.82) is 0 Å². The minimum Gasteiger partial charge on any atom is -0.258 e. The third-order valence-electron chi connectivity index (χ3n) is 4.54. The number of hydrogen-bond acceptors (Lipinski definition) is 2. The maximum atomic E-state index is 4.65. The van der Waals surface area contributed by atoms with E-state index in [4.69, 9.17) is 0 Å². The van der Waals surface area contributed by atoms with Crippen LogP contribution in [0.25, 0.3) is 0 Å². The van der Waals surface area contributed by atoms with Gasteiger partial charge in [-0.25, -0.2) is 0 Å². The molecule has 102 valence electrons. The van der Waals surface area contributed by atoms with E-state index < -0.39 is 0 Å². The molecule has 2 nitrogen and oxygen atoms in total. The molecule has 0 spiro atoms. The lowest BCUT2D eigenvalue weighted by molar-refractivity contribution is 0.422. The van der Waals surface area contributed by atoms with E-state index >= 15 is 0 Å². The Morgan fingerprint density at radius 1 is 1.00 bits per heavy atom. The summed E-state index contributed by atoms with van der Waals surface area (Å²) in [6.07, 6.45) is 9.72. The van der Waals surface area contributed by atoms with Crippen molar-refractivity contribution in [3.8, 4) is 0 Å². The van der Waals surface area contributed by atoms with E-state index in [9.17, 15) is 0 Å². The Kier molecular flexibility index (Phi) is 5.77. The van der Waals surface area contributed by atoms with E-state index in [0.717, 1.165) is 36.6 Å². The smallest absolute Gasteiger partial charge is 0.0645 e. The van der Waals surface area contributed by atoms with Crippen LogP contribution in [0.2, 0.25) is 0 Å². The van der Waals surface area contributed by atoms with Crippen molar-refractivity contribution in [1.82, 2.24) is 9.97 Å². The molecule has 0 saturated heterocycles. The maximum absolute atomic E-state index is 4.65. The molecule has 18 heavy (non-hydrogen) atoms. The molecular formula is C16H28N2. The third-order valence-corrected chi connectivity index (χ3v) is 4.54. The first-order valence-corrected chi connectivity index (χ1v) is 7.40. The number of hydrogen-bond donors (Lipinski definition) is 0. The van der Waals surface area contributed by atoms with Crippen LogP contribution < -0.4 is 0 Å². The molecule has 1 heterocycles. The Balaban J connectivity index is 2.79. The van der Waals surface area contributed by atoms with Crippen LogP contribution in [0.4, 0.5) is 0 Å². The van der Waals surface area contributed by atoms with Gasteiger partial charge >= 0.3 is 0 Å². The maximum Gasteiger partial charge on any atom is 0.0645 e. The van der Waals surface area contributed by atoms with Crippen LogP contribution in [0.3, 0.4) is 0 Å². The zero-order valence-electron chi connectivity index (χ0n) is 12.7. The minimum absolute atomic E-state index is 0.181. The van der Waals surface area contributed by atoms with Gasteiger partial charge in [-0.1, -0.05) is 47.5 Å². The SMILES string of the molecule is CCC(CC)Cc1cnc(C(C)(CC)CC)cn1. The standard InChI is InChI=1S/C16H28N2/c1-6-13(7-2)10-14-11-18-15(12-17-14)16(5,8-3)9-4/h11-13H,6-10H2,1-5H3. The Morgan fingerprint density at radius 2 is 1.61 bits per heavy atom. The van der Waals surface area contributed by atoms with Crippen LogP contribution in [-0.4, -0.2) is 9.97 Å². The molecule has 0 aliphatic carbocycles. The lowest BCUT2D eigenvalue weighted by Crippen LogP contribution is -2.21. The summed E-state index contributed by atoms with van der Waals surface area (Å²) in [6, 6.07) is 0. The highest BCUT2D eigenvalue weighted by molar-refractivity contribution is 5.13. The van der Waals surface area contributed by atoms with Crippen molar-refractivity contribution in [2.24, 2.45) is 5.92 Å². The zero-order chi connectivity index (χ0) is 13.6. The number of aromatic nitrogens is 2. The van der Waals surface area contributed by atoms with Gasteiger partial charge in [0.05, 0.1) is 11.4 Å². The van der Waals surface area contributed by atoms with E-state index in [1.807, 2.05) is 12.4 Å². The molecule has 0 unspecified atom stereocenters. The summed E-state index contributed by atoms with van der Waals surface area (Å²) in [6.45, 7) is 11.2. The lowest BCUT2D eigenvalue weighted by atomic mass is 9.81. The normalized spacial score (nSPS) is 12.1. The van der Waals surface area contributed by atoms with E-state index in [1.54, 1.807) is 0 Å². The van der Waals surface area contributed by atoms with Crippen LogP contribution in [0.1, 0.15) is 71.7 Å². The first kappa shape index (κ1) is 15.1. The Bertz CT molecular complexity index is 335. The summed E-state index contributed by atoms with van der Waals surface area (Å²) in [5, 5.41) is 0. The summed E-state index contributed by atoms with van der Waals surface area (Å²) in [4.78, 5) is 9.27. The predicted molar refractivity (Wildman–Crippen MR) is 77.7 cm³/mol. The van der Waals surface area contributed by atoms with Gasteiger partial charge in [-0.3, -0.25) is 9.97 Å². The van der Waals surface area contributed by atoms with Crippen LogP contribution in [-0.2, 0) is 11.8 Å². The van der Waals surface area contributed by atoms with Crippen molar-refractivity contribution in [3.05, 3.63) is 23.8 Å². The average Bonchev–Trinajstić information content (AvgIpc) is 2.44. The quantitative estimate of drug-likeness (QED) is 0.708. The number of nitrogens with zero attached hydrogens (tertiary/aromatic N) is 2. The van der Waals surface area contributed by atoms with Gasteiger partial charge in [0.2, 0.25) is 0 Å². The molecule has 0 fully saturated rings. The first-order chi connectivity index (χ1) is 8.59. The van der Waals surface area contributed by atoms with Crippen LogP contribution in [0.5, 0.6) is 0 Å². The highest BCUT2D eigenvalue weighted by atomic mass is 14.8. The summed E-state index contributed by atoms with van der Waals surface area (Å²) in [5.41, 5.74) is 2.46. The van der Waals surface area contributed by atoms with Gasteiger partial charge in [0, 0.05) is 17.8 Å². The van der Waals surface area contributed by atoms with Crippen LogP contribution >= 0.6 is 0 Å². The van der Waals surface area contributed by atoms with Gasteiger partial charge < -0.3 is 0 Å². The monoisotopic (exact) mass is 248 g/mol. The van der Waals surface area contributed by atoms with E-state index in [-0.39, 0.29) is 5.41 Å². The predicted octanol–water partition coefficient (Wildman–Crippen LogP) is 4.53. The van der Waals surface area contributed by atoms with Gasteiger partial charge in [0.1, 0.15) is 0 Å². The van der Waals surface area contributed by atoms with E-state index in [2.05, 4.69) is 44.6 Å². The van der Waals surface area contributed by atoms with Crippen molar-refractivity contribution in [3.63, 3.8) is 0 Å². The van der Waals surface area contributed by atoms with Crippen molar-refractivity contribution in [2.75, 3.05) is 0 Å². The summed E-state index contributed by atoms with van der Waals surface area (Å²) < 4.78 is 0. The molecule has 0 aliphatic rings. The summed E-state index contributed by atoms with van der Waals surface area (Å²) in [7, 11) is 0. The molecule has 0 saturated carbocycles. The topological polar surface area (TPSA) is 25.8 Å². The third kappa shape index (κ3) is 3.54. The largest absolute Gasteiger partial charge is 0.258 e. The van der Waals surface area contributed by atoms with Gasteiger partial charge in [-0.15, -0.1) is 0 Å². The molecule has 0 atom stereocenters. The van der Waals surface area contributed by atoms with Gasteiger partial charge in [-0.05, 0) is 25.2 Å². The fourth-order valence-corrected chi connectivity index (χ4v) is 2.26. The van der Waals surface area contributed by atoms with Gasteiger partial charge in [0.15, 0.2) is 0 Å². The van der Waals surface area contributed by atoms with Gasteiger partial charge in [0.25, 0.3) is 0 Å². The second-order valence-electron chi connectivity index (χ2n) is 5.55. The highest BCUT2D eigenvalue weighted by Gasteiger charge is 2.24. The van der Waals surface area contributed by atoms with Crippen molar-refractivity contribution >= 4 is 0 Å². The Morgan fingerprint density at radius 3 is 2.00 bits per heavy atom. The second-order valence-corrected chi connectivity index (χ2v) is 5.55.